The van der Waals surface area contributed by atoms with Crippen molar-refractivity contribution in [3.05, 3.63) is 47.6 Å². The molecular weight excluding hydrogens is 340 g/mol. The number of fused-ring (bicyclic) bond motifs is 1. The van der Waals surface area contributed by atoms with Gasteiger partial charge in [-0.3, -0.25) is 4.79 Å². The van der Waals surface area contributed by atoms with Crippen molar-refractivity contribution in [2.45, 2.75) is 32.6 Å². The van der Waals surface area contributed by atoms with E-state index < -0.39 is 0 Å². The highest BCUT2D eigenvalue weighted by molar-refractivity contribution is 5.94. The van der Waals surface area contributed by atoms with E-state index in [2.05, 4.69) is 28.9 Å². The Kier molecular flexibility index (Phi) is 4.76. The molecule has 2 atom stereocenters. The van der Waals surface area contributed by atoms with Crippen molar-refractivity contribution >= 4 is 5.91 Å². The summed E-state index contributed by atoms with van der Waals surface area (Å²) >= 11 is 0. The Hall–Kier alpha value is -2.21. The van der Waals surface area contributed by atoms with Gasteiger partial charge in [0.25, 0.3) is 5.91 Å². The fraction of sp³-hybridized carbons (Fsp3) is 0.571. The number of carbonyl (C=O) groups excluding carboxylic acids is 1. The van der Waals surface area contributed by atoms with Crippen molar-refractivity contribution in [1.82, 2.24) is 19.9 Å². The Morgan fingerprint density at radius 2 is 2.07 bits per heavy atom. The average Bonchev–Trinajstić information content (AvgIpc) is 3.25. The standard InChI is InChI=1S/C21H28N4O2/c1-15(2)11-24-10-9-18-12-25(19(26)17-7-5-4-6-8-17)14-21(18,13-24)20-22-16(3)23-27-20/h4-8,15,18H,9-14H2,1-3H3/t18-,21-/m0/s1. The average molecular weight is 368 g/mol. The molecule has 1 aromatic carbocycles. The summed E-state index contributed by atoms with van der Waals surface area (Å²) in [6.07, 6.45) is 1.05. The summed E-state index contributed by atoms with van der Waals surface area (Å²) in [4.78, 5) is 22.2. The highest BCUT2D eigenvalue weighted by atomic mass is 16.5. The summed E-state index contributed by atoms with van der Waals surface area (Å²) in [5.41, 5.74) is 0.478. The third-order valence-electron chi connectivity index (χ3n) is 5.88. The zero-order chi connectivity index (χ0) is 19.0. The van der Waals surface area contributed by atoms with Gasteiger partial charge in [-0.25, -0.2) is 0 Å². The van der Waals surface area contributed by atoms with Gasteiger partial charge in [-0.15, -0.1) is 0 Å². The zero-order valence-corrected chi connectivity index (χ0v) is 16.4. The second-order valence-electron chi connectivity index (χ2n) is 8.47. The predicted octanol–water partition coefficient (Wildman–Crippen LogP) is 2.75. The normalized spacial score (nSPS) is 25.8. The van der Waals surface area contributed by atoms with Gasteiger partial charge in [0.2, 0.25) is 5.89 Å². The van der Waals surface area contributed by atoms with Crippen LogP contribution in [0.4, 0.5) is 0 Å². The molecule has 0 radical (unpaired) electrons. The van der Waals surface area contributed by atoms with Gasteiger partial charge in [-0.1, -0.05) is 37.2 Å². The molecule has 144 valence electrons. The number of nitrogens with zero attached hydrogens (tertiary/aromatic N) is 4. The van der Waals surface area contributed by atoms with E-state index in [1.165, 1.54) is 0 Å². The molecule has 0 N–H and O–H groups in total. The fourth-order valence-corrected chi connectivity index (χ4v) is 4.74. The molecule has 1 amide bonds. The molecule has 2 aliphatic rings. The number of likely N-dealkylation sites (tertiary alicyclic amines) is 2. The summed E-state index contributed by atoms with van der Waals surface area (Å²) in [5.74, 6) is 2.41. The van der Waals surface area contributed by atoms with E-state index in [9.17, 15) is 4.79 Å². The number of piperidine rings is 1. The molecule has 0 saturated carbocycles. The third-order valence-corrected chi connectivity index (χ3v) is 5.88. The molecule has 2 fully saturated rings. The summed E-state index contributed by atoms with van der Waals surface area (Å²) in [5, 5.41) is 4.05. The number of hydrogen-bond acceptors (Lipinski definition) is 5. The molecule has 2 aromatic rings. The molecule has 2 aliphatic heterocycles. The van der Waals surface area contributed by atoms with Gasteiger partial charge in [0.05, 0.1) is 5.41 Å². The van der Waals surface area contributed by atoms with Crippen LogP contribution in [-0.4, -0.2) is 58.6 Å². The predicted molar refractivity (Wildman–Crippen MR) is 102 cm³/mol. The Bertz CT molecular complexity index is 804. The molecule has 1 aromatic heterocycles. The van der Waals surface area contributed by atoms with Gasteiger partial charge in [-0.05, 0) is 43.9 Å². The van der Waals surface area contributed by atoms with Gasteiger partial charge in [-0.2, -0.15) is 4.98 Å². The molecule has 0 bridgehead atoms. The second-order valence-corrected chi connectivity index (χ2v) is 8.47. The Balaban J connectivity index is 1.64. The molecule has 2 saturated heterocycles. The summed E-state index contributed by atoms with van der Waals surface area (Å²) in [6.45, 7) is 10.7. The number of benzene rings is 1. The molecule has 6 heteroatoms. The van der Waals surface area contributed by atoms with Crippen molar-refractivity contribution in [2.24, 2.45) is 11.8 Å². The van der Waals surface area contributed by atoms with Crippen molar-refractivity contribution in [2.75, 3.05) is 32.7 Å². The number of rotatable bonds is 4. The first-order valence-corrected chi connectivity index (χ1v) is 9.85. The lowest BCUT2D eigenvalue weighted by Crippen LogP contribution is -2.52. The SMILES string of the molecule is Cc1noc([C@]23CN(CC(C)C)CC[C@H]2CN(C(=O)c2ccccc2)C3)n1. The van der Waals surface area contributed by atoms with Gasteiger partial charge in [0.15, 0.2) is 5.82 Å². The minimum atomic E-state index is -0.265. The maximum absolute atomic E-state index is 13.1. The smallest absolute Gasteiger partial charge is 0.253 e. The highest BCUT2D eigenvalue weighted by Gasteiger charge is 2.55. The minimum absolute atomic E-state index is 0.0935. The van der Waals surface area contributed by atoms with Gasteiger partial charge < -0.3 is 14.3 Å². The molecular formula is C21H28N4O2. The van der Waals surface area contributed by atoms with Crippen LogP contribution in [0.5, 0.6) is 0 Å². The monoisotopic (exact) mass is 368 g/mol. The van der Waals surface area contributed by atoms with Gasteiger partial charge in [0.1, 0.15) is 0 Å². The lowest BCUT2D eigenvalue weighted by molar-refractivity contribution is 0.0750. The minimum Gasteiger partial charge on any atom is -0.339 e. The van der Waals surface area contributed by atoms with E-state index in [-0.39, 0.29) is 11.3 Å². The first-order valence-electron chi connectivity index (χ1n) is 9.85. The van der Waals surface area contributed by atoms with Gasteiger partial charge >= 0.3 is 0 Å². The lowest BCUT2D eigenvalue weighted by atomic mass is 9.73. The quantitative estimate of drug-likeness (QED) is 0.830. The molecule has 0 unspecified atom stereocenters. The molecule has 3 heterocycles. The topological polar surface area (TPSA) is 62.5 Å². The Labute approximate surface area is 160 Å². The van der Waals surface area contributed by atoms with E-state index in [1.54, 1.807) is 0 Å². The van der Waals surface area contributed by atoms with Crippen LogP contribution in [0.15, 0.2) is 34.9 Å². The van der Waals surface area contributed by atoms with Crippen LogP contribution in [-0.2, 0) is 5.41 Å². The lowest BCUT2D eigenvalue weighted by Gasteiger charge is -2.42. The van der Waals surface area contributed by atoms with Crippen molar-refractivity contribution in [1.29, 1.82) is 0 Å². The second kappa shape index (κ2) is 7.08. The molecule has 0 aliphatic carbocycles. The first kappa shape index (κ1) is 18.2. The van der Waals surface area contributed by atoms with Crippen molar-refractivity contribution in [3.8, 4) is 0 Å². The van der Waals surface area contributed by atoms with E-state index in [0.717, 1.165) is 38.2 Å². The van der Waals surface area contributed by atoms with Crippen LogP contribution in [0.2, 0.25) is 0 Å². The summed E-state index contributed by atoms with van der Waals surface area (Å²) in [7, 11) is 0. The van der Waals surface area contributed by atoms with E-state index in [1.807, 2.05) is 42.2 Å². The first-order chi connectivity index (χ1) is 13.0. The van der Waals surface area contributed by atoms with Crippen molar-refractivity contribution < 1.29 is 9.32 Å². The number of carbonyl (C=O) groups is 1. The third kappa shape index (κ3) is 3.38. The van der Waals surface area contributed by atoms with Crippen LogP contribution in [0, 0.1) is 18.8 Å². The van der Waals surface area contributed by atoms with E-state index in [4.69, 9.17) is 4.52 Å². The van der Waals surface area contributed by atoms with Gasteiger partial charge in [0, 0.05) is 31.7 Å². The summed E-state index contributed by atoms with van der Waals surface area (Å²) in [6, 6.07) is 9.54. The molecule has 0 spiro atoms. The number of aryl methyl sites for hydroxylation is 1. The number of aromatic nitrogens is 2. The van der Waals surface area contributed by atoms with Crippen LogP contribution in [0.3, 0.4) is 0 Å². The van der Waals surface area contributed by atoms with E-state index in [0.29, 0.717) is 30.1 Å². The largest absolute Gasteiger partial charge is 0.339 e. The highest BCUT2D eigenvalue weighted by Crippen LogP contribution is 2.44. The zero-order valence-electron chi connectivity index (χ0n) is 16.4. The van der Waals surface area contributed by atoms with Crippen LogP contribution in [0.25, 0.3) is 0 Å². The summed E-state index contributed by atoms with van der Waals surface area (Å²) < 4.78 is 5.67. The number of hydrogen-bond donors (Lipinski definition) is 0. The van der Waals surface area contributed by atoms with Crippen LogP contribution >= 0.6 is 0 Å². The molecule has 27 heavy (non-hydrogen) atoms. The fourth-order valence-electron chi connectivity index (χ4n) is 4.74. The Morgan fingerprint density at radius 3 is 2.74 bits per heavy atom. The van der Waals surface area contributed by atoms with E-state index >= 15 is 0 Å². The Morgan fingerprint density at radius 1 is 1.30 bits per heavy atom. The maximum atomic E-state index is 13.1. The van der Waals surface area contributed by atoms with Crippen LogP contribution < -0.4 is 0 Å². The van der Waals surface area contributed by atoms with Crippen molar-refractivity contribution in [3.63, 3.8) is 0 Å². The number of amides is 1. The maximum Gasteiger partial charge on any atom is 0.253 e. The molecule has 6 nitrogen and oxygen atoms in total. The molecule has 4 rings (SSSR count). The van der Waals surface area contributed by atoms with Crippen LogP contribution in [0.1, 0.15) is 42.3 Å².